The first-order valence-electron chi connectivity index (χ1n) is 7.60. The van der Waals surface area contributed by atoms with Crippen LogP contribution in [0.15, 0.2) is 4.52 Å². The zero-order chi connectivity index (χ0) is 13.2. The Labute approximate surface area is 114 Å². The van der Waals surface area contributed by atoms with Crippen molar-refractivity contribution in [3.8, 4) is 0 Å². The fourth-order valence-corrected chi connectivity index (χ4v) is 2.81. The molecule has 1 aromatic heterocycles. The molecule has 0 radical (unpaired) electrons. The highest BCUT2D eigenvalue weighted by atomic mass is 16.5. The number of hydrogen-bond donors (Lipinski definition) is 1. The van der Waals surface area contributed by atoms with Crippen LogP contribution >= 0.6 is 0 Å². The first-order chi connectivity index (χ1) is 9.30. The molecule has 106 valence electrons. The number of piperazine rings is 1. The van der Waals surface area contributed by atoms with Crippen LogP contribution in [-0.2, 0) is 6.54 Å². The lowest BCUT2D eigenvalue weighted by atomic mass is 10.1. The lowest BCUT2D eigenvalue weighted by Crippen LogP contribution is -2.55. The average molecular weight is 264 g/mol. The summed E-state index contributed by atoms with van der Waals surface area (Å²) < 4.78 is 5.35. The average Bonchev–Trinajstić information content (AvgIpc) is 3.19. The highest BCUT2D eigenvalue weighted by Crippen LogP contribution is 2.38. The Bertz CT molecular complexity index is 415. The maximum absolute atomic E-state index is 5.35. The highest BCUT2D eigenvalue weighted by Gasteiger charge is 2.31. The Balaban J connectivity index is 1.64. The maximum atomic E-state index is 5.35. The fourth-order valence-electron chi connectivity index (χ4n) is 2.81. The lowest BCUT2D eigenvalue weighted by Gasteiger charge is -2.39. The molecule has 5 heteroatoms. The molecule has 0 spiro atoms. The molecule has 1 aromatic rings. The number of aromatic nitrogens is 2. The van der Waals surface area contributed by atoms with Gasteiger partial charge in [0.05, 0.1) is 6.54 Å². The van der Waals surface area contributed by atoms with Gasteiger partial charge in [-0.1, -0.05) is 19.0 Å². The predicted octanol–water partition coefficient (Wildman–Crippen LogP) is 1.91. The highest BCUT2D eigenvalue weighted by molar-refractivity contribution is 5.02. The minimum absolute atomic E-state index is 0.551. The van der Waals surface area contributed by atoms with E-state index in [2.05, 4.69) is 34.2 Å². The minimum Gasteiger partial charge on any atom is -0.339 e. The molecule has 2 aliphatic rings. The van der Waals surface area contributed by atoms with E-state index in [9.17, 15) is 0 Å². The predicted molar refractivity (Wildman–Crippen MR) is 72.8 cm³/mol. The van der Waals surface area contributed by atoms with E-state index < -0.39 is 0 Å². The topological polar surface area (TPSA) is 54.2 Å². The fraction of sp³-hybridized carbons (Fsp3) is 0.857. The molecule has 1 saturated heterocycles. The summed E-state index contributed by atoms with van der Waals surface area (Å²) in [6, 6.07) is 1.18. The van der Waals surface area contributed by atoms with E-state index in [4.69, 9.17) is 4.52 Å². The van der Waals surface area contributed by atoms with Crippen LogP contribution in [0.1, 0.15) is 57.2 Å². The first kappa shape index (κ1) is 13.1. The van der Waals surface area contributed by atoms with Gasteiger partial charge in [-0.3, -0.25) is 4.90 Å². The molecule has 1 saturated carbocycles. The first-order valence-corrected chi connectivity index (χ1v) is 7.60. The molecule has 3 rings (SSSR count). The smallest absolute Gasteiger partial charge is 0.229 e. The van der Waals surface area contributed by atoms with Gasteiger partial charge in [0.1, 0.15) is 0 Å². The second-order valence-corrected chi connectivity index (χ2v) is 5.83. The van der Waals surface area contributed by atoms with Crippen LogP contribution < -0.4 is 5.32 Å². The molecule has 1 N–H and O–H groups in total. The Morgan fingerprint density at radius 1 is 1.32 bits per heavy atom. The van der Waals surface area contributed by atoms with Gasteiger partial charge in [-0.25, -0.2) is 0 Å². The largest absolute Gasteiger partial charge is 0.339 e. The van der Waals surface area contributed by atoms with Gasteiger partial charge in [-0.15, -0.1) is 0 Å². The van der Waals surface area contributed by atoms with E-state index in [1.807, 2.05) is 0 Å². The summed E-state index contributed by atoms with van der Waals surface area (Å²) in [5.41, 5.74) is 0. The van der Waals surface area contributed by atoms with Crippen molar-refractivity contribution in [1.29, 1.82) is 0 Å². The van der Waals surface area contributed by atoms with Crippen molar-refractivity contribution < 1.29 is 4.52 Å². The molecule has 2 unspecified atom stereocenters. The van der Waals surface area contributed by atoms with Gasteiger partial charge in [0.25, 0.3) is 0 Å². The second-order valence-electron chi connectivity index (χ2n) is 5.83. The van der Waals surface area contributed by atoms with Crippen LogP contribution in [0, 0.1) is 0 Å². The Morgan fingerprint density at radius 2 is 2.16 bits per heavy atom. The zero-order valence-electron chi connectivity index (χ0n) is 11.9. The van der Waals surface area contributed by atoms with Gasteiger partial charge in [-0.05, 0) is 25.7 Å². The maximum Gasteiger partial charge on any atom is 0.229 e. The third kappa shape index (κ3) is 2.98. The van der Waals surface area contributed by atoms with Crippen molar-refractivity contribution in [2.45, 2.75) is 64.1 Å². The van der Waals surface area contributed by atoms with E-state index in [0.29, 0.717) is 18.0 Å². The van der Waals surface area contributed by atoms with Crippen molar-refractivity contribution in [2.75, 3.05) is 13.1 Å². The molecule has 2 heterocycles. The van der Waals surface area contributed by atoms with Crippen LogP contribution in [0.3, 0.4) is 0 Å². The van der Waals surface area contributed by atoms with E-state index in [1.54, 1.807) is 0 Å². The van der Waals surface area contributed by atoms with Crippen molar-refractivity contribution in [1.82, 2.24) is 20.4 Å². The summed E-state index contributed by atoms with van der Waals surface area (Å²) in [7, 11) is 0. The van der Waals surface area contributed by atoms with Crippen LogP contribution in [-0.4, -0.2) is 40.2 Å². The Morgan fingerprint density at radius 3 is 2.84 bits per heavy atom. The third-order valence-electron chi connectivity index (χ3n) is 4.33. The van der Waals surface area contributed by atoms with Gasteiger partial charge >= 0.3 is 0 Å². The third-order valence-corrected chi connectivity index (χ3v) is 4.33. The molecular formula is C14H24N4O. The van der Waals surface area contributed by atoms with Crippen LogP contribution in [0.2, 0.25) is 0 Å². The monoisotopic (exact) mass is 264 g/mol. The molecular weight excluding hydrogens is 240 g/mol. The van der Waals surface area contributed by atoms with E-state index in [-0.39, 0.29) is 0 Å². The van der Waals surface area contributed by atoms with Gasteiger partial charge in [0.15, 0.2) is 5.82 Å². The van der Waals surface area contributed by atoms with E-state index in [0.717, 1.165) is 37.8 Å². The number of rotatable bonds is 5. The Kier molecular flexibility index (Phi) is 3.84. The molecule has 0 bridgehead atoms. The minimum atomic E-state index is 0.551. The molecule has 2 fully saturated rings. The standard InChI is InChI=1S/C14H24N4O/c1-3-11-8-18(12(4-2)7-15-11)9-13-16-14(19-17-13)10-5-6-10/h10-12,15H,3-9H2,1-2H3. The molecule has 19 heavy (non-hydrogen) atoms. The van der Waals surface area contributed by atoms with Gasteiger partial charge in [-0.2, -0.15) is 4.98 Å². The quantitative estimate of drug-likeness (QED) is 0.880. The van der Waals surface area contributed by atoms with Crippen LogP contribution in [0.25, 0.3) is 0 Å². The zero-order valence-corrected chi connectivity index (χ0v) is 11.9. The summed E-state index contributed by atoms with van der Waals surface area (Å²) >= 11 is 0. The second kappa shape index (κ2) is 5.59. The van der Waals surface area contributed by atoms with Gasteiger partial charge in [0, 0.05) is 31.1 Å². The van der Waals surface area contributed by atoms with Crippen molar-refractivity contribution in [3.05, 3.63) is 11.7 Å². The molecule has 0 amide bonds. The number of nitrogens with one attached hydrogen (secondary N) is 1. The summed E-state index contributed by atoms with van der Waals surface area (Å²) in [4.78, 5) is 7.05. The molecule has 5 nitrogen and oxygen atoms in total. The number of hydrogen-bond acceptors (Lipinski definition) is 5. The molecule has 1 aliphatic heterocycles. The van der Waals surface area contributed by atoms with Gasteiger partial charge < -0.3 is 9.84 Å². The van der Waals surface area contributed by atoms with Crippen LogP contribution in [0.5, 0.6) is 0 Å². The summed E-state index contributed by atoms with van der Waals surface area (Å²) in [6.45, 7) is 7.47. The van der Waals surface area contributed by atoms with Crippen molar-refractivity contribution >= 4 is 0 Å². The normalized spacial score (nSPS) is 28.7. The van der Waals surface area contributed by atoms with Gasteiger partial charge in [0.2, 0.25) is 5.89 Å². The molecule has 2 atom stereocenters. The molecule has 1 aliphatic carbocycles. The summed E-state index contributed by atoms with van der Waals surface area (Å²) in [6.07, 6.45) is 4.76. The summed E-state index contributed by atoms with van der Waals surface area (Å²) in [5, 5.41) is 7.76. The Hall–Kier alpha value is -0.940. The van der Waals surface area contributed by atoms with Crippen molar-refractivity contribution in [2.24, 2.45) is 0 Å². The van der Waals surface area contributed by atoms with Crippen molar-refractivity contribution in [3.63, 3.8) is 0 Å². The SMILES string of the molecule is CCC1CN(Cc2noc(C3CC3)n2)C(CC)CN1. The summed E-state index contributed by atoms with van der Waals surface area (Å²) in [5.74, 6) is 2.26. The molecule has 0 aromatic carbocycles. The number of nitrogens with zero attached hydrogens (tertiary/aromatic N) is 3. The van der Waals surface area contributed by atoms with E-state index in [1.165, 1.54) is 19.3 Å². The lowest BCUT2D eigenvalue weighted by molar-refractivity contribution is 0.113. The van der Waals surface area contributed by atoms with E-state index >= 15 is 0 Å². The van der Waals surface area contributed by atoms with Crippen LogP contribution in [0.4, 0.5) is 0 Å².